The molecule has 0 spiro atoms. The molecule has 3 nitrogen and oxygen atoms in total. The molecule has 2 unspecified atom stereocenters. The van der Waals surface area contributed by atoms with Crippen LogP contribution in [0.15, 0.2) is 17.5 Å². The Morgan fingerprint density at radius 2 is 2.53 bits per heavy atom. The molecule has 2 rings (SSSR count). The lowest BCUT2D eigenvalue weighted by molar-refractivity contribution is -0.147. The molecule has 0 saturated carbocycles. The smallest absolute Gasteiger partial charge is 0.0845 e. The van der Waals surface area contributed by atoms with E-state index in [4.69, 9.17) is 10.6 Å². The average molecular weight is 226 g/mol. The maximum absolute atomic E-state index is 6.17. The monoisotopic (exact) mass is 226 g/mol. The van der Waals surface area contributed by atoms with E-state index in [1.807, 2.05) is 0 Å². The molecular weight excluding hydrogens is 208 g/mol. The van der Waals surface area contributed by atoms with Gasteiger partial charge in [-0.05, 0) is 24.3 Å². The first-order chi connectivity index (χ1) is 7.33. The molecule has 1 aromatic rings. The Morgan fingerprint density at radius 1 is 1.67 bits per heavy atom. The highest BCUT2D eigenvalue weighted by atomic mass is 32.1. The Balaban J connectivity index is 2.15. The van der Waals surface area contributed by atoms with Crippen molar-refractivity contribution in [3.63, 3.8) is 0 Å². The summed E-state index contributed by atoms with van der Waals surface area (Å²) in [6.45, 7) is 3.95. The van der Waals surface area contributed by atoms with Gasteiger partial charge in [0.15, 0.2) is 0 Å². The van der Waals surface area contributed by atoms with Crippen LogP contribution in [-0.2, 0) is 4.84 Å². The lowest BCUT2D eigenvalue weighted by Gasteiger charge is -2.29. The Kier molecular flexibility index (Phi) is 3.75. The summed E-state index contributed by atoms with van der Waals surface area (Å²) < 4.78 is 0. The molecule has 0 aliphatic carbocycles. The molecule has 0 bridgehead atoms. The lowest BCUT2D eigenvalue weighted by Crippen LogP contribution is -2.38. The summed E-state index contributed by atoms with van der Waals surface area (Å²) >= 11 is 1.76. The third kappa shape index (κ3) is 2.39. The highest BCUT2D eigenvalue weighted by Gasteiger charge is 2.29. The molecule has 1 aliphatic rings. The van der Waals surface area contributed by atoms with Crippen molar-refractivity contribution in [2.75, 3.05) is 13.2 Å². The summed E-state index contributed by atoms with van der Waals surface area (Å²) in [6.07, 6.45) is 2.08. The van der Waals surface area contributed by atoms with Crippen LogP contribution in [0.4, 0.5) is 0 Å². The summed E-state index contributed by atoms with van der Waals surface area (Å²) in [4.78, 5) is 6.93. The van der Waals surface area contributed by atoms with Gasteiger partial charge < -0.3 is 5.73 Å². The lowest BCUT2D eigenvalue weighted by atomic mass is 10.0. The van der Waals surface area contributed by atoms with Crippen molar-refractivity contribution in [3.05, 3.63) is 22.4 Å². The van der Waals surface area contributed by atoms with Gasteiger partial charge in [-0.3, -0.25) is 4.84 Å². The van der Waals surface area contributed by atoms with Gasteiger partial charge in [-0.2, -0.15) is 5.06 Å². The van der Waals surface area contributed by atoms with E-state index < -0.39 is 0 Å². The molecule has 1 aromatic heterocycles. The highest BCUT2D eigenvalue weighted by molar-refractivity contribution is 7.10. The van der Waals surface area contributed by atoms with Crippen molar-refractivity contribution in [1.82, 2.24) is 5.06 Å². The van der Waals surface area contributed by atoms with E-state index in [1.165, 1.54) is 4.88 Å². The third-order valence-corrected chi connectivity index (χ3v) is 3.74. The molecular formula is C11H18N2OS. The minimum atomic E-state index is 0.154. The SMILES string of the molecule is CCC(N)C(c1cccs1)N1CCCO1. The fraction of sp³-hybridized carbons (Fsp3) is 0.636. The zero-order chi connectivity index (χ0) is 10.7. The molecule has 0 amide bonds. The Morgan fingerprint density at radius 3 is 3.07 bits per heavy atom. The van der Waals surface area contributed by atoms with Crippen LogP contribution in [-0.4, -0.2) is 24.3 Å². The summed E-state index contributed by atoms with van der Waals surface area (Å²) in [7, 11) is 0. The number of thiophene rings is 1. The van der Waals surface area contributed by atoms with Gasteiger partial charge in [0.05, 0.1) is 12.6 Å². The molecule has 2 N–H and O–H groups in total. The zero-order valence-corrected chi connectivity index (χ0v) is 9.87. The van der Waals surface area contributed by atoms with Gasteiger partial charge in [0.1, 0.15) is 0 Å². The average Bonchev–Trinajstić information content (AvgIpc) is 2.90. The van der Waals surface area contributed by atoms with E-state index in [0.29, 0.717) is 0 Å². The van der Waals surface area contributed by atoms with Crippen LogP contribution in [0.25, 0.3) is 0 Å². The summed E-state index contributed by atoms with van der Waals surface area (Å²) in [5, 5.41) is 4.15. The predicted molar refractivity (Wildman–Crippen MR) is 62.6 cm³/mol. The van der Waals surface area contributed by atoms with E-state index in [-0.39, 0.29) is 12.1 Å². The van der Waals surface area contributed by atoms with Gasteiger partial charge in [-0.15, -0.1) is 11.3 Å². The van der Waals surface area contributed by atoms with Crippen LogP contribution < -0.4 is 5.73 Å². The van der Waals surface area contributed by atoms with Crippen molar-refractivity contribution in [1.29, 1.82) is 0 Å². The van der Waals surface area contributed by atoms with Crippen molar-refractivity contribution in [3.8, 4) is 0 Å². The summed E-state index contributed by atoms with van der Waals surface area (Å²) in [6, 6.07) is 4.61. The second-order valence-electron chi connectivity index (χ2n) is 3.86. The third-order valence-electron chi connectivity index (χ3n) is 2.80. The molecule has 2 atom stereocenters. The fourth-order valence-corrected chi connectivity index (χ4v) is 2.84. The number of hydrogen-bond acceptors (Lipinski definition) is 4. The topological polar surface area (TPSA) is 38.5 Å². The Bertz CT molecular complexity index is 283. The predicted octanol–water partition coefficient (Wildman–Crippen LogP) is 2.16. The highest BCUT2D eigenvalue weighted by Crippen LogP contribution is 2.30. The van der Waals surface area contributed by atoms with Gasteiger partial charge in [-0.1, -0.05) is 13.0 Å². The second-order valence-corrected chi connectivity index (χ2v) is 4.84. The first-order valence-electron chi connectivity index (χ1n) is 5.51. The van der Waals surface area contributed by atoms with Crippen LogP contribution in [0.3, 0.4) is 0 Å². The van der Waals surface area contributed by atoms with Gasteiger partial charge >= 0.3 is 0 Å². The first kappa shape index (κ1) is 11.1. The van der Waals surface area contributed by atoms with Gasteiger partial charge in [0.2, 0.25) is 0 Å². The van der Waals surface area contributed by atoms with Crippen LogP contribution >= 0.6 is 11.3 Å². The number of nitrogens with two attached hydrogens (primary N) is 1. The molecule has 1 fully saturated rings. The zero-order valence-electron chi connectivity index (χ0n) is 9.06. The van der Waals surface area contributed by atoms with Crippen molar-refractivity contribution in [2.24, 2.45) is 5.73 Å². The van der Waals surface area contributed by atoms with Crippen molar-refractivity contribution < 1.29 is 4.84 Å². The number of hydroxylamine groups is 2. The largest absolute Gasteiger partial charge is 0.326 e. The molecule has 15 heavy (non-hydrogen) atoms. The minimum absolute atomic E-state index is 0.154. The molecule has 4 heteroatoms. The van der Waals surface area contributed by atoms with Crippen LogP contribution in [0.5, 0.6) is 0 Å². The standard InChI is InChI=1S/C11H18N2OS/c1-2-9(12)11(10-5-3-8-15-10)13-6-4-7-14-13/h3,5,8-9,11H,2,4,6-7,12H2,1H3. The Hall–Kier alpha value is -0.420. The molecule has 1 aliphatic heterocycles. The van der Waals surface area contributed by atoms with Crippen LogP contribution in [0.2, 0.25) is 0 Å². The maximum Gasteiger partial charge on any atom is 0.0845 e. The second kappa shape index (κ2) is 5.07. The molecule has 0 aromatic carbocycles. The molecule has 1 saturated heterocycles. The van der Waals surface area contributed by atoms with Crippen LogP contribution in [0, 0.1) is 0 Å². The van der Waals surface area contributed by atoms with Gasteiger partial charge in [-0.25, -0.2) is 0 Å². The number of rotatable bonds is 4. The van der Waals surface area contributed by atoms with E-state index in [2.05, 4.69) is 29.5 Å². The van der Waals surface area contributed by atoms with E-state index >= 15 is 0 Å². The maximum atomic E-state index is 6.17. The van der Waals surface area contributed by atoms with Crippen LogP contribution in [0.1, 0.15) is 30.7 Å². The van der Waals surface area contributed by atoms with E-state index in [9.17, 15) is 0 Å². The minimum Gasteiger partial charge on any atom is -0.326 e. The normalized spacial score (nSPS) is 21.7. The Labute approximate surface area is 94.8 Å². The van der Waals surface area contributed by atoms with Gasteiger partial charge in [0, 0.05) is 17.5 Å². The number of nitrogens with zero attached hydrogens (tertiary/aromatic N) is 1. The molecule has 84 valence electrons. The van der Waals surface area contributed by atoms with Gasteiger partial charge in [0.25, 0.3) is 0 Å². The first-order valence-corrected chi connectivity index (χ1v) is 6.39. The number of hydrogen-bond donors (Lipinski definition) is 1. The van der Waals surface area contributed by atoms with E-state index in [1.54, 1.807) is 11.3 Å². The van der Waals surface area contributed by atoms with Crippen molar-refractivity contribution in [2.45, 2.75) is 31.8 Å². The quantitative estimate of drug-likeness (QED) is 0.855. The summed E-state index contributed by atoms with van der Waals surface area (Å²) in [5.74, 6) is 0. The molecule has 2 heterocycles. The van der Waals surface area contributed by atoms with Crippen molar-refractivity contribution >= 4 is 11.3 Å². The summed E-state index contributed by atoms with van der Waals surface area (Å²) in [5.41, 5.74) is 6.17. The fourth-order valence-electron chi connectivity index (χ4n) is 1.94. The molecule has 0 radical (unpaired) electrons. The van der Waals surface area contributed by atoms with E-state index in [0.717, 1.165) is 26.0 Å².